The average molecular weight is 269 g/mol. The molecule has 0 aliphatic carbocycles. The van der Waals surface area contributed by atoms with E-state index < -0.39 is 0 Å². The van der Waals surface area contributed by atoms with Crippen LogP contribution in [-0.2, 0) is 6.54 Å². The number of benzene rings is 1. The summed E-state index contributed by atoms with van der Waals surface area (Å²) in [6, 6.07) is 13.9. The minimum Gasteiger partial charge on any atom is -0.311 e. The van der Waals surface area contributed by atoms with E-state index in [-0.39, 0.29) is 0 Å². The predicted octanol–water partition coefficient (Wildman–Crippen LogP) is 2.81. The monoisotopic (exact) mass is 269 g/mol. The Labute approximate surface area is 121 Å². The molecule has 3 rings (SSSR count). The molecule has 2 unspecified atom stereocenters. The van der Waals surface area contributed by atoms with Crippen molar-refractivity contribution in [3.8, 4) is 0 Å². The minimum absolute atomic E-state index is 0.575. The van der Waals surface area contributed by atoms with E-state index in [0.717, 1.165) is 25.2 Å². The lowest BCUT2D eigenvalue weighted by atomic mass is 10.1. The second kappa shape index (κ2) is 5.90. The highest BCUT2D eigenvalue weighted by atomic mass is 15.2. The smallest absolute Gasteiger partial charge is 0.0705 e. The number of nitrogens with one attached hydrogen (secondary N) is 1. The number of aromatic nitrogens is 1. The Hall–Kier alpha value is -1.45. The topological polar surface area (TPSA) is 28.2 Å². The number of rotatable bonds is 3. The molecule has 3 nitrogen and oxygen atoms in total. The molecule has 2 aromatic rings. The van der Waals surface area contributed by atoms with Gasteiger partial charge in [-0.15, -0.1) is 0 Å². The maximum absolute atomic E-state index is 4.79. The van der Waals surface area contributed by atoms with Crippen LogP contribution in [0.5, 0.6) is 0 Å². The Kier molecular flexibility index (Phi) is 3.99. The van der Waals surface area contributed by atoms with E-state index in [0.29, 0.717) is 12.1 Å². The first kappa shape index (κ1) is 13.5. The number of hydrogen-bond donors (Lipinski definition) is 1. The van der Waals surface area contributed by atoms with Crippen molar-refractivity contribution in [3.63, 3.8) is 0 Å². The number of para-hydroxylation sites is 1. The van der Waals surface area contributed by atoms with E-state index in [1.54, 1.807) is 0 Å². The summed E-state index contributed by atoms with van der Waals surface area (Å²) in [5.74, 6) is 0. The van der Waals surface area contributed by atoms with Crippen LogP contribution in [0.1, 0.15) is 26.0 Å². The van der Waals surface area contributed by atoms with Gasteiger partial charge in [0.2, 0.25) is 0 Å². The quantitative estimate of drug-likeness (QED) is 0.928. The molecular formula is C17H23N3. The van der Waals surface area contributed by atoms with Gasteiger partial charge in [0.15, 0.2) is 0 Å². The van der Waals surface area contributed by atoms with Crippen molar-refractivity contribution in [2.75, 3.05) is 13.1 Å². The Balaban J connectivity index is 1.77. The third-order valence-electron chi connectivity index (χ3n) is 4.29. The van der Waals surface area contributed by atoms with E-state index >= 15 is 0 Å². The van der Waals surface area contributed by atoms with E-state index in [1.807, 2.05) is 0 Å². The Morgan fingerprint density at radius 1 is 1.25 bits per heavy atom. The molecule has 1 aromatic heterocycles. The summed E-state index contributed by atoms with van der Waals surface area (Å²) in [7, 11) is 0. The summed E-state index contributed by atoms with van der Waals surface area (Å²) < 4.78 is 0. The van der Waals surface area contributed by atoms with Crippen LogP contribution in [-0.4, -0.2) is 35.1 Å². The van der Waals surface area contributed by atoms with Gasteiger partial charge in [-0.3, -0.25) is 9.88 Å². The van der Waals surface area contributed by atoms with Crippen molar-refractivity contribution in [1.82, 2.24) is 15.2 Å². The standard InChI is InChI=1S/C17H23N3/c1-3-15-11-20(13(2)10-18-15)12-16-9-8-14-6-4-5-7-17(14)19-16/h4-9,13,15,18H,3,10-12H2,1-2H3. The summed E-state index contributed by atoms with van der Waals surface area (Å²) in [6.45, 7) is 7.68. The van der Waals surface area contributed by atoms with E-state index in [4.69, 9.17) is 4.98 Å². The van der Waals surface area contributed by atoms with Gasteiger partial charge in [0.05, 0.1) is 11.2 Å². The largest absolute Gasteiger partial charge is 0.311 e. The van der Waals surface area contributed by atoms with Crippen LogP contribution < -0.4 is 5.32 Å². The predicted molar refractivity (Wildman–Crippen MR) is 83.7 cm³/mol. The lowest BCUT2D eigenvalue weighted by molar-refractivity contribution is 0.130. The molecule has 1 aliphatic rings. The second-order valence-corrected chi connectivity index (χ2v) is 5.79. The summed E-state index contributed by atoms with van der Waals surface area (Å²) in [5.41, 5.74) is 2.27. The first-order valence-electron chi connectivity index (χ1n) is 7.58. The zero-order chi connectivity index (χ0) is 13.9. The number of pyridine rings is 1. The summed E-state index contributed by atoms with van der Waals surface area (Å²) in [5, 5.41) is 4.82. The zero-order valence-corrected chi connectivity index (χ0v) is 12.3. The number of nitrogens with zero attached hydrogens (tertiary/aromatic N) is 2. The lowest BCUT2D eigenvalue weighted by Crippen LogP contribution is -2.54. The molecule has 3 heteroatoms. The molecule has 0 saturated carbocycles. The van der Waals surface area contributed by atoms with E-state index in [1.165, 1.54) is 17.5 Å². The molecule has 1 aliphatic heterocycles. The van der Waals surface area contributed by atoms with Crippen molar-refractivity contribution in [2.45, 2.75) is 38.9 Å². The van der Waals surface area contributed by atoms with Crippen LogP contribution in [0.4, 0.5) is 0 Å². The Bertz CT molecular complexity index is 581. The minimum atomic E-state index is 0.575. The first-order chi connectivity index (χ1) is 9.76. The normalized spacial score (nSPS) is 24.1. The molecule has 1 saturated heterocycles. The summed E-state index contributed by atoms with van der Waals surface area (Å²) >= 11 is 0. The van der Waals surface area contributed by atoms with Gasteiger partial charge in [0.1, 0.15) is 0 Å². The SMILES string of the molecule is CCC1CN(Cc2ccc3ccccc3n2)C(C)CN1. The maximum atomic E-state index is 4.79. The van der Waals surface area contributed by atoms with Gasteiger partial charge in [-0.05, 0) is 25.5 Å². The molecule has 0 radical (unpaired) electrons. The Morgan fingerprint density at radius 2 is 2.10 bits per heavy atom. The fourth-order valence-corrected chi connectivity index (χ4v) is 2.89. The average Bonchev–Trinajstić information content (AvgIpc) is 2.49. The van der Waals surface area contributed by atoms with Gasteiger partial charge in [-0.1, -0.05) is 31.2 Å². The number of fused-ring (bicyclic) bond motifs is 1. The molecule has 2 heterocycles. The summed E-state index contributed by atoms with van der Waals surface area (Å²) in [4.78, 5) is 7.34. The molecule has 1 N–H and O–H groups in total. The fraction of sp³-hybridized carbons (Fsp3) is 0.471. The first-order valence-corrected chi connectivity index (χ1v) is 7.58. The molecule has 2 atom stereocenters. The van der Waals surface area contributed by atoms with Crippen LogP contribution in [0, 0.1) is 0 Å². The number of piperazine rings is 1. The van der Waals surface area contributed by atoms with E-state index in [9.17, 15) is 0 Å². The maximum Gasteiger partial charge on any atom is 0.0705 e. The van der Waals surface area contributed by atoms with Crippen LogP contribution >= 0.6 is 0 Å². The highest BCUT2D eigenvalue weighted by Crippen LogP contribution is 2.16. The Morgan fingerprint density at radius 3 is 2.95 bits per heavy atom. The second-order valence-electron chi connectivity index (χ2n) is 5.79. The van der Waals surface area contributed by atoms with Gasteiger partial charge < -0.3 is 5.32 Å². The van der Waals surface area contributed by atoms with Crippen molar-refractivity contribution < 1.29 is 0 Å². The van der Waals surface area contributed by atoms with Crippen molar-refractivity contribution in [3.05, 3.63) is 42.1 Å². The summed E-state index contributed by atoms with van der Waals surface area (Å²) in [6.07, 6.45) is 1.19. The molecule has 0 bridgehead atoms. The van der Waals surface area contributed by atoms with Crippen LogP contribution in [0.3, 0.4) is 0 Å². The highest BCUT2D eigenvalue weighted by Gasteiger charge is 2.23. The van der Waals surface area contributed by atoms with Crippen LogP contribution in [0.15, 0.2) is 36.4 Å². The number of hydrogen-bond acceptors (Lipinski definition) is 3. The van der Waals surface area contributed by atoms with Crippen LogP contribution in [0.25, 0.3) is 10.9 Å². The van der Waals surface area contributed by atoms with Gasteiger partial charge in [0, 0.05) is 37.1 Å². The molecule has 1 aromatic carbocycles. The third kappa shape index (κ3) is 2.84. The van der Waals surface area contributed by atoms with E-state index in [2.05, 4.69) is 60.5 Å². The van der Waals surface area contributed by atoms with Gasteiger partial charge >= 0.3 is 0 Å². The van der Waals surface area contributed by atoms with Crippen molar-refractivity contribution in [1.29, 1.82) is 0 Å². The highest BCUT2D eigenvalue weighted by molar-refractivity contribution is 5.78. The molecule has 106 valence electrons. The van der Waals surface area contributed by atoms with Gasteiger partial charge in [-0.25, -0.2) is 0 Å². The van der Waals surface area contributed by atoms with Crippen molar-refractivity contribution in [2.24, 2.45) is 0 Å². The molecule has 1 fully saturated rings. The zero-order valence-electron chi connectivity index (χ0n) is 12.3. The fourth-order valence-electron chi connectivity index (χ4n) is 2.89. The third-order valence-corrected chi connectivity index (χ3v) is 4.29. The van der Waals surface area contributed by atoms with Gasteiger partial charge in [0.25, 0.3) is 0 Å². The molecule has 0 amide bonds. The van der Waals surface area contributed by atoms with Crippen LogP contribution in [0.2, 0.25) is 0 Å². The lowest BCUT2D eigenvalue weighted by Gasteiger charge is -2.38. The molecule has 0 spiro atoms. The molecular weight excluding hydrogens is 246 g/mol. The van der Waals surface area contributed by atoms with Gasteiger partial charge in [-0.2, -0.15) is 0 Å². The molecule has 20 heavy (non-hydrogen) atoms. The van der Waals surface area contributed by atoms with Crippen molar-refractivity contribution >= 4 is 10.9 Å².